The van der Waals surface area contributed by atoms with E-state index in [0.29, 0.717) is 0 Å². The van der Waals surface area contributed by atoms with Gasteiger partial charge in [-0.15, -0.1) is 11.8 Å². The Balaban J connectivity index is 2.38. The van der Waals surface area contributed by atoms with Gasteiger partial charge in [-0.2, -0.15) is 0 Å². The molecule has 0 fully saturated rings. The lowest BCUT2D eigenvalue weighted by molar-refractivity contribution is -0.143. The van der Waals surface area contributed by atoms with Crippen molar-refractivity contribution in [1.82, 2.24) is 10.3 Å². The van der Waals surface area contributed by atoms with E-state index in [1.54, 1.807) is 18.0 Å². The highest BCUT2D eigenvalue weighted by molar-refractivity contribution is 9.10. The molecule has 0 saturated carbocycles. The molecule has 0 spiro atoms. The molecule has 0 radical (unpaired) electrons. The van der Waals surface area contributed by atoms with Crippen LogP contribution in [0.3, 0.4) is 0 Å². The summed E-state index contributed by atoms with van der Waals surface area (Å²) in [6, 6.07) is 3.68. The summed E-state index contributed by atoms with van der Waals surface area (Å²) in [5, 5.41) is 4.07. The lowest BCUT2D eigenvalue weighted by Crippen LogP contribution is -2.37. The van der Waals surface area contributed by atoms with Crippen LogP contribution in [0.15, 0.2) is 27.8 Å². The fourth-order valence-electron chi connectivity index (χ4n) is 1.42. The number of pyridine rings is 1. The summed E-state index contributed by atoms with van der Waals surface area (Å²) < 4.78 is 5.72. The van der Waals surface area contributed by atoms with Crippen LogP contribution in [0.4, 0.5) is 0 Å². The summed E-state index contributed by atoms with van der Waals surface area (Å²) >= 11 is 4.97. The molecule has 1 atom stereocenters. The van der Waals surface area contributed by atoms with Gasteiger partial charge in [-0.3, -0.25) is 4.79 Å². The van der Waals surface area contributed by atoms with E-state index in [4.69, 9.17) is 4.74 Å². The summed E-state index contributed by atoms with van der Waals surface area (Å²) in [5.41, 5.74) is 0. The van der Waals surface area contributed by atoms with Crippen molar-refractivity contribution in [3.63, 3.8) is 0 Å². The maximum absolute atomic E-state index is 11.5. The van der Waals surface area contributed by atoms with Gasteiger partial charge in [0.15, 0.2) is 0 Å². The number of likely N-dealkylation sites (N-methyl/N-ethyl adjacent to an activating group) is 1. The van der Waals surface area contributed by atoms with Crippen LogP contribution in [-0.2, 0) is 9.53 Å². The number of nitrogens with zero attached hydrogens (tertiary/aromatic N) is 1. The fraction of sp³-hybridized carbons (Fsp3) is 0.500. The van der Waals surface area contributed by atoms with Crippen molar-refractivity contribution >= 4 is 33.7 Å². The summed E-state index contributed by atoms with van der Waals surface area (Å²) in [6.45, 7) is 2.72. The number of carbonyl (C=O) groups excluding carboxylic acids is 1. The molecule has 0 aliphatic rings. The molecule has 1 heterocycles. The van der Waals surface area contributed by atoms with Gasteiger partial charge in [0.1, 0.15) is 6.04 Å². The van der Waals surface area contributed by atoms with Crippen LogP contribution >= 0.6 is 27.7 Å². The van der Waals surface area contributed by atoms with Crippen LogP contribution < -0.4 is 5.32 Å². The van der Waals surface area contributed by atoms with Crippen molar-refractivity contribution in [2.45, 2.75) is 24.4 Å². The second-order valence-corrected chi connectivity index (χ2v) is 5.62. The number of thioether (sulfide) groups is 1. The molecule has 0 aliphatic carbocycles. The Morgan fingerprint density at radius 3 is 2.94 bits per heavy atom. The van der Waals surface area contributed by atoms with E-state index >= 15 is 0 Å². The first kappa shape index (κ1) is 15.5. The predicted octanol–water partition coefficient (Wildman–Crippen LogP) is 2.48. The number of methoxy groups -OCH3 is 1. The van der Waals surface area contributed by atoms with Crippen molar-refractivity contribution in [2.75, 3.05) is 19.4 Å². The Hall–Kier alpha value is -0.590. The predicted molar refractivity (Wildman–Crippen MR) is 76.8 cm³/mol. The molecule has 0 bridgehead atoms. The molecule has 4 nitrogen and oxygen atoms in total. The van der Waals surface area contributed by atoms with Crippen LogP contribution in [-0.4, -0.2) is 36.4 Å². The van der Waals surface area contributed by atoms with Crippen LogP contribution in [0.1, 0.15) is 13.3 Å². The minimum atomic E-state index is -0.233. The number of esters is 1. The molecule has 6 heteroatoms. The highest BCUT2D eigenvalue weighted by Crippen LogP contribution is 2.18. The smallest absolute Gasteiger partial charge is 0.322 e. The lowest BCUT2D eigenvalue weighted by atomic mass is 10.2. The van der Waals surface area contributed by atoms with Gasteiger partial charge in [-0.25, -0.2) is 4.98 Å². The standard InChI is InChI=1S/C12H17BrN2O2S/c1-3-14-10(12(16)17-2)6-7-18-11-5-4-9(13)8-15-11/h4-5,8,10,14H,3,6-7H2,1-2H3. The molecule has 1 aromatic heterocycles. The number of ether oxygens (including phenoxy) is 1. The number of hydrogen-bond acceptors (Lipinski definition) is 5. The van der Waals surface area contributed by atoms with Gasteiger partial charge >= 0.3 is 5.97 Å². The summed E-state index contributed by atoms with van der Waals surface area (Å²) in [5.74, 6) is 0.614. The fourth-order valence-corrected chi connectivity index (χ4v) is 2.51. The Morgan fingerprint density at radius 1 is 1.61 bits per heavy atom. The topological polar surface area (TPSA) is 51.2 Å². The first-order chi connectivity index (χ1) is 8.67. The Labute approximate surface area is 120 Å². The molecule has 0 aromatic carbocycles. The molecule has 0 amide bonds. The molecule has 1 N–H and O–H groups in total. The van der Waals surface area contributed by atoms with E-state index in [2.05, 4.69) is 26.2 Å². The van der Waals surface area contributed by atoms with E-state index < -0.39 is 0 Å². The highest BCUT2D eigenvalue weighted by atomic mass is 79.9. The van der Waals surface area contributed by atoms with Gasteiger partial charge in [-0.1, -0.05) is 6.92 Å². The molecular weight excluding hydrogens is 316 g/mol. The van der Waals surface area contributed by atoms with Crippen LogP contribution in [0.25, 0.3) is 0 Å². The third-order valence-electron chi connectivity index (χ3n) is 2.29. The third-order valence-corrected chi connectivity index (χ3v) is 3.74. The SMILES string of the molecule is CCNC(CCSc1ccc(Br)cn1)C(=O)OC. The molecule has 0 saturated heterocycles. The molecule has 1 aromatic rings. The monoisotopic (exact) mass is 332 g/mol. The largest absolute Gasteiger partial charge is 0.468 e. The van der Waals surface area contributed by atoms with E-state index in [1.807, 2.05) is 19.1 Å². The van der Waals surface area contributed by atoms with Crippen molar-refractivity contribution in [3.05, 3.63) is 22.8 Å². The van der Waals surface area contributed by atoms with E-state index in [1.165, 1.54) is 7.11 Å². The second kappa shape index (κ2) is 8.50. The van der Waals surface area contributed by atoms with Crippen LogP contribution in [0, 0.1) is 0 Å². The molecule has 1 rings (SSSR count). The van der Waals surface area contributed by atoms with Gasteiger partial charge in [-0.05, 0) is 41.0 Å². The first-order valence-electron chi connectivity index (χ1n) is 5.73. The number of hydrogen-bond donors (Lipinski definition) is 1. The van der Waals surface area contributed by atoms with E-state index in [0.717, 1.165) is 28.2 Å². The minimum Gasteiger partial charge on any atom is -0.468 e. The number of halogens is 1. The van der Waals surface area contributed by atoms with Crippen LogP contribution in [0.5, 0.6) is 0 Å². The van der Waals surface area contributed by atoms with Crippen molar-refractivity contribution in [2.24, 2.45) is 0 Å². The zero-order valence-electron chi connectivity index (χ0n) is 10.5. The maximum atomic E-state index is 11.5. The normalized spacial score (nSPS) is 12.2. The quantitative estimate of drug-likeness (QED) is 0.614. The zero-order chi connectivity index (χ0) is 13.4. The first-order valence-corrected chi connectivity index (χ1v) is 7.50. The van der Waals surface area contributed by atoms with Gasteiger partial charge in [0, 0.05) is 16.4 Å². The molecule has 18 heavy (non-hydrogen) atoms. The molecule has 100 valence electrons. The van der Waals surface area contributed by atoms with Crippen molar-refractivity contribution in [3.8, 4) is 0 Å². The zero-order valence-corrected chi connectivity index (χ0v) is 12.9. The van der Waals surface area contributed by atoms with Crippen molar-refractivity contribution < 1.29 is 9.53 Å². The second-order valence-electron chi connectivity index (χ2n) is 3.59. The van der Waals surface area contributed by atoms with E-state index in [-0.39, 0.29) is 12.0 Å². The Kier molecular flexibility index (Phi) is 7.31. The molecule has 1 unspecified atom stereocenters. The lowest BCUT2D eigenvalue weighted by Gasteiger charge is -2.14. The summed E-state index contributed by atoms with van der Waals surface area (Å²) in [7, 11) is 1.41. The minimum absolute atomic E-state index is 0.207. The number of nitrogens with one attached hydrogen (secondary N) is 1. The Bertz CT molecular complexity index is 373. The third kappa shape index (κ3) is 5.37. The number of aromatic nitrogens is 1. The molecular formula is C12H17BrN2O2S. The summed E-state index contributed by atoms with van der Waals surface area (Å²) in [6.07, 6.45) is 2.49. The average molecular weight is 333 g/mol. The summed E-state index contributed by atoms with van der Waals surface area (Å²) in [4.78, 5) is 15.7. The van der Waals surface area contributed by atoms with Crippen molar-refractivity contribution in [1.29, 1.82) is 0 Å². The van der Waals surface area contributed by atoms with Gasteiger partial charge in [0.2, 0.25) is 0 Å². The molecule has 0 aliphatic heterocycles. The van der Waals surface area contributed by atoms with Crippen LogP contribution in [0.2, 0.25) is 0 Å². The average Bonchev–Trinajstić information content (AvgIpc) is 2.39. The maximum Gasteiger partial charge on any atom is 0.322 e. The number of rotatable bonds is 7. The number of carbonyl (C=O) groups is 1. The van der Waals surface area contributed by atoms with Gasteiger partial charge < -0.3 is 10.1 Å². The van der Waals surface area contributed by atoms with Gasteiger partial charge in [0.05, 0.1) is 12.1 Å². The van der Waals surface area contributed by atoms with Gasteiger partial charge in [0.25, 0.3) is 0 Å². The highest BCUT2D eigenvalue weighted by Gasteiger charge is 2.17. The van der Waals surface area contributed by atoms with E-state index in [9.17, 15) is 4.79 Å². The Morgan fingerprint density at radius 2 is 2.39 bits per heavy atom.